The van der Waals surface area contributed by atoms with E-state index >= 15 is 0 Å². The van der Waals surface area contributed by atoms with Crippen LogP contribution in [0.15, 0.2) is 97.1 Å². The number of carboxylic acid groups (broad SMARTS) is 1. The molecule has 0 aliphatic heterocycles. The first-order valence-electron chi connectivity index (χ1n) is 13.9. The molecular weight excluding hydrogens is 560 g/mol. The first-order valence-corrected chi connectivity index (χ1v) is 14.3. The van der Waals surface area contributed by atoms with Crippen LogP contribution in [0.4, 0.5) is 0 Å². The van der Waals surface area contributed by atoms with Gasteiger partial charge in [0, 0.05) is 17.3 Å². The van der Waals surface area contributed by atoms with Gasteiger partial charge in [0.1, 0.15) is 5.75 Å². The average Bonchev–Trinajstić information content (AvgIpc) is 3.61. The number of aryl methyl sites for hydroxylation is 1. The van der Waals surface area contributed by atoms with Crippen LogP contribution in [-0.4, -0.2) is 29.1 Å². The van der Waals surface area contributed by atoms with Crippen molar-refractivity contribution in [1.82, 2.24) is 10.3 Å². The normalized spacial score (nSPS) is 11.9. The number of pyridine rings is 1. The Morgan fingerprint density at radius 1 is 0.930 bits per heavy atom. The lowest BCUT2D eigenvalue weighted by Crippen LogP contribution is -2.28. The van der Waals surface area contributed by atoms with E-state index in [-0.39, 0.29) is 11.5 Å². The summed E-state index contributed by atoms with van der Waals surface area (Å²) in [6.07, 6.45) is 5.13. The topological polar surface area (TPSA) is 88.5 Å². The SMILES string of the molecule is COc1ccc(C(CCc2cccc(/C=C/c3ccc4ccc(Cl)cc4n3)c2)NC(C)=O)c(C(=O)O)c1.c1cc2cc-2c1. The molecule has 0 spiro atoms. The van der Waals surface area contributed by atoms with Crippen molar-refractivity contribution >= 4 is 46.5 Å². The molecular formula is C36H31ClN2O4. The maximum atomic E-state index is 11.9. The van der Waals surface area contributed by atoms with Crippen molar-refractivity contribution in [2.75, 3.05) is 7.11 Å². The van der Waals surface area contributed by atoms with Gasteiger partial charge in [0.2, 0.25) is 5.91 Å². The Labute approximate surface area is 255 Å². The largest absolute Gasteiger partial charge is 0.497 e. The van der Waals surface area contributed by atoms with Crippen molar-refractivity contribution in [3.63, 3.8) is 0 Å². The molecule has 1 amide bonds. The number of hydrogen-bond acceptors (Lipinski definition) is 4. The number of nitrogens with one attached hydrogen (secondary N) is 1. The Morgan fingerprint density at radius 2 is 1.70 bits per heavy atom. The number of hydrogen-bond donors (Lipinski definition) is 2. The Hall–Kier alpha value is -4.94. The molecule has 2 aliphatic carbocycles. The summed E-state index contributed by atoms with van der Waals surface area (Å²) in [4.78, 5) is 28.5. The summed E-state index contributed by atoms with van der Waals surface area (Å²) in [5.74, 6) is -0.842. The summed E-state index contributed by atoms with van der Waals surface area (Å²) < 4.78 is 5.18. The van der Waals surface area contributed by atoms with E-state index in [1.165, 1.54) is 31.2 Å². The van der Waals surface area contributed by atoms with E-state index < -0.39 is 12.0 Å². The Bertz CT molecular complexity index is 1810. The van der Waals surface area contributed by atoms with E-state index in [0.29, 0.717) is 29.2 Å². The summed E-state index contributed by atoms with van der Waals surface area (Å²) in [5.41, 5.74) is 7.25. The number of aromatic nitrogens is 1. The van der Waals surface area contributed by atoms with Crippen molar-refractivity contribution in [1.29, 1.82) is 0 Å². The van der Waals surface area contributed by atoms with E-state index in [1.54, 1.807) is 12.1 Å². The number of carbonyl (C=O) groups is 2. The summed E-state index contributed by atoms with van der Waals surface area (Å²) in [6, 6.07) is 30.6. The minimum atomic E-state index is -1.07. The van der Waals surface area contributed by atoms with Crippen molar-refractivity contribution in [3.05, 3.63) is 130 Å². The molecule has 0 saturated carbocycles. The number of rotatable bonds is 9. The number of carbonyl (C=O) groups excluding carboxylic acids is 1. The number of methoxy groups -OCH3 is 1. The highest BCUT2D eigenvalue weighted by atomic mass is 35.5. The van der Waals surface area contributed by atoms with Crippen molar-refractivity contribution in [3.8, 4) is 16.9 Å². The van der Waals surface area contributed by atoms with Crippen LogP contribution in [0, 0.1) is 0 Å². The number of nitrogens with zero attached hydrogens (tertiary/aromatic N) is 1. The summed E-state index contributed by atoms with van der Waals surface area (Å²) >= 11 is 6.10. The fraction of sp³-hybridized carbons (Fsp3) is 0.139. The third-order valence-electron chi connectivity index (χ3n) is 7.15. The van der Waals surface area contributed by atoms with Gasteiger partial charge in [-0.05, 0) is 83.1 Å². The zero-order valence-electron chi connectivity index (χ0n) is 23.9. The Kier molecular flexibility index (Phi) is 9.18. The van der Waals surface area contributed by atoms with Gasteiger partial charge in [-0.3, -0.25) is 4.79 Å². The molecule has 4 aromatic rings. The van der Waals surface area contributed by atoms with Gasteiger partial charge >= 0.3 is 5.97 Å². The number of halogens is 1. The second-order valence-corrected chi connectivity index (χ2v) is 10.7. The third kappa shape index (κ3) is 7.87. The maximum Gasteiger partial charge on any atom is 0.336 e. The highest BCUT2D eigenvalue weighted by Crippen LogP contribution is 2.32. The molecule has 0 saturated heterocycles. The van der Waals surface area contributed by atoms with Crippen LogP contribution >= 0.6 is 11.6 Å². The van der Waals surface area contributed by atoms with E-state index in [0.717, 1.165) is 27.7 Å². The highest BCUT2D eigenvalue weighted by molar-refractivity contribution is 6.31. The molecule has 7 heteroatoms. The van der Waals surface area contributed by atoms with Crippen molar-refractivity contribution in [2.24, 2.45) is 0 Å². The van der Waals surface area contributed by atoms with Crippen molar-refractivity contribution in [2.45, 2.75) is 25.8 Å². The molecule has 6 rings (SSSR count). The van der Waals surface area contributed by atoms with Gasteiger partial charge in [-0.15, -0.1) is 0 Å². The number of amides is 1. The summed E-state index contributed by atoms with van der Waals surface area (Å²) in [6.45, 7) is 1.43. The Balaban J connectivity index is 0.000000537. The fourth-order valence-corrected chi connectivity index (χ4v) is 5.09. The molecule has 1 atom stereocenters. The molecule has 6 nitrogen and oxygen atoms in total. The number of benzene rings is 4. The molecule has 43 heavy (non-hydrogen) atoms. The third-order valence-corrected chi connectivity index (χ3v) is 7.39. The molecule has 1 aromatic heterocycles. The summed E-state index contributed by atoms with van der Waals surface area (Å²) in [7, 11) is 1.49. The average molecular weight is 591 g/mol. The smallest absolute Gasteiger partial charge is 0.336 e. The Morgan fingerprint density at radius 3 is 2.37 bits per heavy atom. The number of aromatic carboxylic acids is 1. The lowest BCUT2D eigenvalue weighted by molar-refractivity contribution is -0.119. The molecule has 0 bridgehead atoms. The van der Waals surface area contributed by atoms with E-state index in [4.69, 9.17) is 16.3 Å². The first-order chi connectivity index (χ1) is 20.8. The van der Waals surface area contributed by atoms with Gasteiger partial charge in [0.15, 0.2) is 0 Å². The fourth-order valence-electron chi connectivity index (χ4n) is 4.92. The number of ether oxygens (including phenoxy) is 1. The minimum absolute atomic E-state index is 0.110. The van der Waals surface area contributed by atoms with Gasteiger partial charge in [-0.1, -0.05) is 78.3 Å². The molecule has 1 heterocycles. The van der Waals surface area contributed by atoms with Crippen LogP contribution in [0.5, 0.6) is 5.75 Å². The maximum absolute atomic E-state index is 11.9. The lowest BCUT2D eigenvalue weighted by atomic mass is 9.94. The zero-order valence-corrected chi connectivity index (χ0v) is 24.6. The number of carboxylic acids is 1. The first kappa shape index (κ1) is 29.5. The molecule has 3 aromatic carbocycles. The second kappa shape index (κ2) is 13.4. The predicted molar refractivity (Wildman–Crippen MR) is 172 cm³/mol. The van der Waals surface area contributed by atoms with Crippen LogP contribution in [0.25, 0.3) is 34.2 Å². The molecule has 216 valence electrons. The van der Waals surface area contributed by atoms with Gasteiger partial charge in [-0.2, -0.15) is 0 Å². The quantitative estimate of drug-likeness (QED) is 0.177. The van der Waals surface area contributed by atoms with Gasteiger partial charge in [0.05, 0.1) is 29.9 Å². The predicted octanol–water partition coefficient (Wildman–Crippen LogP) is 8.24. The van der Waals surface area contributed by atoms with Gasteiger partial charge in [-0.25, -0.2) is 9.78 Å². The lowest BCUT2D eigenvalue weighted by Gasteiger charge is -2.21. The summed E-state index contributed by atoms with van der Waals surface area (Å²) in [5, 5.41) is 14.3. The van der Waals surface area contributed by atoms with Crippen LogP contribution in [-0.2, 0) is 11.2 Å². The molecule has 2 aliphatic rings. The zero-order chi connectivity index (χ0) is 30.3. The van der Waals surface area contributed by atoms with Crippen LogP contribution < -0.4 is 10.1 Å². The van der Waals surface area contributed by atoms with Crippen LogP contribution in [0.2, 0.25) is 5.02 Å². The molecule has 1 unspecified atom stereocenters. The van der Waals surface area contributed by atoms with E-state index in [2.05, 4.69) is 40.6 Å². The molecule has 0 radical (unpaired) electrons. The van der Waals surface area contributed by atoms with E-state index in [9.17, 15) is 14.7 Å². The molecule has 0 fully saturated rings. The van der Waals surface area contributed by atoms with Crippen LogP contribution in [0.1, 0.15) is 52.1 Å². The van der Waals surface area contributed by atoms with Crippen LogP contribution in [0.3, 0.4) is 0 Å². The van der Waals surface area contributed by atoms with E-state index in [1.807, 2.05) is 60.7 Å². The highest BCUT2D eigenvalue weighted by Gasteiger charge is 2.21. The second-order valence-electron chi connectivity index (χ2n) is 10.3. The van der Waals surface area contributed by atoms with Gasteiger partial charge in [0.25, 0.3) is 0 Å². The monoisotopic (exact) mass is 590 g/mol. The standard InChI is InChI=1S/C30H27ClN2O4.C6H4/c1-19(34)32-28(26-14-13-25(37-2)18-27(26)30(35)36)15-7-21-5-3-4-20(16-21)6-11-24-12-9-22-8-10-23(31)17-29(22)33-24;1-2-5-4-6(5)3-1/h3-6,8-14,16-18,28H,7,15H2,1-2H3,(H,32,34)(H,35,36);1-4H/b11-6+;. The number of fused-ring (bicyclic) bond motifs is 2. The van der Waals surface area contributed by atoms with Gasteiger partial charge < -0.3 is 15.2 Å². The minimum Gasteiger partial charge on any atom is -0.497 e. The molecule has 2 N–H and O–H groups in total. The van der Waals surface area contributed by atoms with Crippen molar-refractivity contribution < 1.29 is 19.4 Å².